The van der Waals surface area contributed by atoms with E-state index in [4.69, 9.17) is 21.1 Å². The third kappa shape index (κ3) is 9.04. The number of benzene rings is 3. The zero-order valence-electron chi connectivity index (χ0n) is 22.5. The Hall–Kier alpha value is -3.93. The Balaban J connectivity index is 1.27. The van der Waals surface area contributed by atoms with Crippen molar-refractivity contribution in [1.82, 2.24) is 10.7 Å². The van der Waals surface area contributed by atoms with Crippen LogP contribution in [0.5, 0.6) is 5.75 Å². The van der Waals surface area contributed by atoms with Crippen LogP contribution in [0.2, 0.25) is 5.02 Å². The average molecular weight is 599 g/mol. The van der Waals surface area contributed by atoms with Gasteiger partial charge in [0.1, 0.15) is 5.75 Å². The molecule has 0 spiro atoms. The Bertz CT molecular complexity index is 1470. The number of hydrazone groups is 1. The average Bonchev–Trinajstić information content (AvgIpc) is 3.48. The molecule has 2 N–H and O–H groups in total. The maximum absolute atomic E-state index is 12.5. The Morgan fingerprint density at radius 1 is 1.10 bits per heavy atom. The van der Waals surface area contributed by atoms with E-state index in [-0.39, 0.29) is 25.2 Å². The molecule has 0 unspecified atom stereocenters. The van der Waals surface area contributed by atoms with Crippen molar-refractivity contribution < 1.29 is 27.5 Å². The zero-order valence-corrected chi connectivity index (χ0v) is 24.0. The number of anilines is 1. The van der Waals surface area contributed by atoms with Gasteiger partial charge >= 0.3 is 0 Å². The molecular formula is C29H31ClN4O6S. The van der Waals surface area contributed by atoms with E-state index in [0.29, 0.717) is 39.7 Å². The van der Waals surface area contributed by atoms with Crippen molar-refractivity contribution in [3.8, 4) is 5.75 Å². The summed E-state index contributed by atoms with van der Waals surface area (Å²) in [4.78, 5) is 24.5. The molecule has 0 saturated carbocycles. The highest BCUT2D eigenvalue weighted by molar-refractivity contribution is 7.92. The van der Waals surface area contributed by atoms with Gasteiger partial charge in [-0.3, -0.25) is 13.9 Å². The standard InChI is InChI=1S/C29H31ClN4O6S/c1-41(37,38)34(19-23-5-2-3-7-27(23)30)24-12-10-22(11-13-24)29(36)33-32-17-21-8-14-25(15-9-21)40-20-28(35)31-18-26-6-4-16-39-26/h2-3,5,7-15,17,26H,4,6,16,18-20H2,1H3,(H,31,35)(H,33,36)/t26-/m0/s1. The molecule has 41 heavy (non-hydrogen) atoms. The highest BCUT2D eigenvalue weighted by atomic mass is 35.5. The number of ether oxygens (including phenoxy) is 2. The first-order valence-electron chi connectivity index (χ1n) is 12.9. The summed E-state index contributed by atoms with van der Waals surface area (Å²) in [5.74, 6) is -0.151. The molecule has 1 aliphatic heterocycles. The van der Waals surface area contributed by atoms with Gasteiger partial charge in [0.2, 0.25) is 10.0 Å². The maximum atomic E-state index is 12.5. The second-order valence-corrected chi connectivity index (χ2v) is 11.7. The molecule has 3 aromatic carbocycles. The van der Waals surface area contributed by atoms with Gasteiger partial charge in [0.05, 0.1) is 30.8 Å². The SMILES string of the molecule is CS(=O)(=O)N(Cc1ccccc1Cl)c1ccc(C(=O)NN=Cc2ccc(OCC(=O)NC[C@@H]3CCCO3)cc2)cc1. The molecule has 0 aromatic heterocycles. The molecule has 1 heterocycles. The number of carbonyl (C=O) groups excluding carboxylic acids is 2. The van der Waals surface area contributed by atoms with Crippen LogP contribution < -0.4 is 19.8 Å². The number of hydrogen-bond donors (Lipinski definition) is 2. The molecule has 1 saturated heterocycles. The van der Waals surface area contributed by atoms with E-state index in [9.17, 15) is 18.0 Å². The Kier molecular flexibility index (Phi) is 10.3. The lowest BCUT2D eigenvalue weighted by atomic mass is 10.2. The molecule has 1 aliphatic rings. The van der Waals surface area contributed by atoms with E-state index in [1.807, 2.05) is 0 Å². The minimum absolute atomic E-state index is 0.0568. The van der Waals surface area contributed by atoms with Crippen molar-refractivity contribution in [2.75, 3.05) is 30.3 Å². The quantitative estimate of drug-likeness (QED) is 0.242. The first kappa shape index (κ1) is 30.0. The molecule has 2 amide bonds. The lowest BCUT2D eigenvalue weighted by molar-refractivity contribution is -0.123. The van der Waals surface area contributed by atoms with Crippen molar-refractivity contribution in [3.05, 3.63) is 94.5 Å². The summed E-state index contributed by atoms with van der Waals surface area (Å²) < 4.78 is 37.1. The predicted molar refractivity (Wildman–Crippen MR) is 158 cm³/mol. The fourth-order valence-electron chi connectivity index (χ4n) is 4.07. The van der Waals surface area contributed by atoms with E-state index >= 15 is 0 Å². The molecule has 10 nitrogen and oxygen atoms in total. The monoisotopic (exact) mass is 598 g/mol. The van der Waals surface area contributed by atoms with Crippen LogP contribution in [0, 0.1) is 0 Å². The van der Waals surface area contributed by atoms with Crippen molar-refractivity contribution in [2.24, 2.45) is 5.10 Å². The van der Waals surface area contributed by atoms with E-state index < -0.39 is 15.9 Å². The van der Waals surface area contributed by atoms with Crippen LogP contribution in [0.4, 0.5) is 5.69 Å². The molecule has 12 heteroatoms. The maximum Gasteiger partial charge on any atom is 0.271 e. The number of hydrogen-bond acceptors (Lipinski definition) is 7. The fraction of sp³-hybridized carbons (Fsp3) is 0.276. The number of sulfonamides is 1. The van der Waals surface area contributed by atoms with Gasteiger partial charge in [-0.25, -0.2) is 13.8 Å². The lowest BCUT2D eigenvalue weighted by Gasteiger charge is -2.23. The van der Waals surface area contributed by atoms with Crippen LogP contribution in [0.1, 0.15) is 34.3 Å². The predicted octanol–water partition coefficient (Wildman–Crippen LogP) is 3.74. The summed E-state index contributed by atoms with van der Waals surface area (Å²) in [5, 5.41) is 7.25. The van der Waals surface area contributed by atoms with Crippen LogP contribution in [-0.2, 0) is 26.1 Å². The van der Waals surface area contributed by atoms with Crippen molar-refractivity contribution in [2.45, 2.75) is 25.5 Å². The van der Waals surface area contributed by atoms with Crippen molar-refractivity contribution in [1.29, 1.82) is 0 Å². The number of halogens is 1. The minimum Gasteiger partial charge on any atom is -0.484 e. The highest BCUT2D eigenvalue weighted by Gasteiger charge is 2.20. The Morgan fingerprint density at radius 3 is 2.49 bits per heavy atom. The van der Waals surface area contributed by atoms with Gasteiger partial charge in [-0.15, -0.1) is 0 Å². The molecule has 0 aliphatic carbocycles. The van der Waals surface area contributed by atoms with Crippen LogP contribution >= 0.6 is 11.6 Å². The number of nitrogens with one attached hydrogen (secondary N) is 2. The molecule has 0 bridgehead atoms. The fourth-order valence-corrected chi connectivity index (χ4v) is 5.15. The molecule has 1 atom stereocenters. The molecular weight excluding hydrogens is 568 g/mol. The smallest absolute Gasteiger partial charge is 0.271 e. The third-order valence-corrected chi connectivity index (χ3v) is 7.78. The van der Waals surface area contributed by atoms with Crippen LogP contribution in [0.15, 0.2) is 77.9 Å². The molecule has 3 aromatic rings. The number of rotatable bonds is 12. The largest absolute Gasteiger partial charge is 0.484 e. The molecule has 1 fully saturated rings. The molecule has 4 rings (SSSR count). The van der Waals surface area contributed by atoms with Crippen LogP contribution in [-0.4, -0.2) is 58.6 Å². The second-order valence-electron chi connectivity index (χ2n) is 9.40. The van der Waals surface area contributed by atoms with Crippen molar-refractivity contribution in [3.63, 3.8) is 0 Å². The zero-order chi connectivity index (χ0) is 29.2. The summed E-state index contributed by atoms with van der Waals surface area (Å²) in [6.07, 6.45) is 4.63. The topological polar surface area (TPSA) is 126 Å². The summed E-state index contributed by atoms with van der Waals surface area (Å²) >= 11 is 6.22. The number of nitrogens with zero attached hydrogens (tertiary/aromatic N) is 2. The van der Waals surface area contributed by atoms with Gasteiger partial charge < -0.3 is 14.8 Å². The van der Waals surface area contributed by atoms with Gasteiger partial charge in [0, 0.05) is 23.7 Å². The molecule has 0 radical (unpaired) electrons. The first-order valence-corrected chi connectivity index (χ1v) is 15.2. The van der Waals surface area contributed by atoms with Crippen molar-refractivity contribution >= 4 is 45.3 Å². The third-order valence-electron chi connectivity index (χ3n) is 6.27. The van der Waals surface area contributed by atoms with E-state index in [1.54, 1.807) is 60.7 Å². The van der Waals surface area contributed by atoms with Crippen LogP contribution in [0.25, 0.3) is 0 Å². The van der Waals surface area contributed by atoms with Crippen LogP contribution in [0.3, 0.4) is 0 Å². The lowest BCUT2D eigenvalue weighted by Crippen LogP contribution is -2.35. The normalized spacial score (nSPS) is 15.0. The van der Waals surface area contributed by atoms with Gasteiger partial charge in [-0.1, -0.05) is 29.8 Å². The highest BCUT2D eigenvalue weighted by Crippen LogP contribution is 2.24. The Labute approximate surface area is 244 Å². The second kappa shape index (κ2) is 14.1. The summed E-state index contributed by atoms with van der Waals surface area (Å²) in [6.45, 7) is 1.18. The summed E-state index contributed by atoms with van der Waals surface area (Å²) in [7, 11) is -3.61. The van der Waals surface area contributed by atoms with Gasteiger partial charge in [-0.2, -0.15) is 5.10 Å². The van der Waals surface area contributed by atoms with Gasteiger partial charge in [-0.05, 0) is 78.6 Å². The Morgan fingerprint density at radius 2 is 1.83 bits per heavy atom. The van der Waals surface area contributed by atoms with E-state index in [1.165, 1.54) is 22.7 Å². The van der Waals surface area contributed by atoms with Gasteiger partial charge in [0.15, 0.2) is 6.61 Å². The number of carbonyl (C=O) groups is 2. The summed E-state index contributed by atoms with van der Waals surface area (Å²) in [5.41, 5.74) is 4.52. The minimum atomic E-state index is -3.61. The van der Waals surface area contributed by atoms with E-state index in [2.05, 4.69) is 15.8 Å². The molecule has 216 valence electrons. The summed E-state index contributed by atoms with van der Waals surface area (Å²) in [6, 6.07) is 20.0. The van der Waals surface area contributed by atoms with Gasteiger partial charge in [0.25, 0.3) is 11.8 Å². The first-order chi connectivity index (χ1) is 19.7. The van der Waals surface area contributed by atoms with E-state index in [0.717, 1.165) is 25.7 Å². The number of amides is 2.